The third kappa shape index (κ3) is 13.8. The molecule has 0 bridgehead atoms. The second-order valence-electron chi connectivity index (χ2n) is 19.5. The van der Waals surface area contributed by atoms with Crippen LogP contribution in [-0.4, -0.2) is 166 Å². The highest BCUT2D eigenvalue weighted by Crippen LogP contribution is 2.44. The maximum Gasteiger partial charge on any atom is 0.233 e. The van der Waals surface area contributed by atoms with Crippen molar-refractivity contribution >= 4 is 73.3 Å². The topological polar surface area (TPSA) is 157 Å². The third-order valence-corrected chi connectivity index (χ3v) is 12.6. The minimum Gasteiger partial charge on any atom is -0.505 e. The molecule has 7 rings (SSSR count). The third-order valence-electron chi connectivity index (χ3n) is 12.6. The molecule has 0 unspecified atom stereocenters. The van der Waals surface area contributed by atoms with E-state index in [0.29, 0.717) is 28.9 Å². The van der Waals surface area contributed by atoms with Gasteiger partial charge in [-0.15, -0.1) is 5.11 Å². The van der Waals surface area contributed by atoms with Gasteiger partial charge in [0.15, 0.2) is 11.5 Å². The van der Waals surface area contributed by atoms with Crippen molar-refractivity contribution in [3.8, 4) is 11.5 Å². The van der Waals surface area contributed by atoms with E-state index in [0.717, 1.165) is 128 Å². The number of azo groups is 1. The highest BCUT2D eigenvalue weighted by molar-refractivity contribution is 6.22. The fourth-order valence-electron chi connectivity index (χ4n) is 8.83. The Morgan fingerprint density at radius 2 is 1.24 bits per heavy atom. The number of aromatic nitrogens is 4. The smallest absolute Gasteiger partial charge is 0.233 e. The first kappa shape index (κ1) is 52.1. The van der Waals surface area contributed by atoms with Crippen LogP contribution in [0.1, 0.15) is 47.2 Å². The summed E-state index contributed by atoms with van der Waals surface area (Å²) in [7, 11) is 18.4. The molecule has 2 aromatic heterocycles. The van der Waals surface area contributed by atoms with Gasteiger partial charge in [-0.25, -0.2) is 0 Å². The first-order valence-corrected chi connectivity index (χ1v) is 24.7. The Balaban J connectivity index is 1.23. The summed E-state index contributed by atoms with van der Waals surface area (Å²) < 4.78 is 5.40. The molecular weight excluding hydrogens is 891 g/mol. The summed E-state index contributed by atoms with van der Waals surface area (Å²) in [5.74, 6) is 2.03. The molecule has 376 valence electrons. The van der Waals surface area contributed by atoms with Gasteiger partial charge in [-0.3, -0.25) is 4.79 Å². The summed E-state index contributed by atoms with van der Waals surface area (Å²) in [6.07, 6.45) is 3.96. The number of para-hydroxylation sites is 1. The number of nitrogens with zero attached hydrogens (tertiary/aromatic N) is 11. The van der Waals surface area contributed by atoms with Crippen molar-refractivity contribution in [2.75, 3.05) is 131 Å². The van der Waals surface area contributed by atoms with Crippen LogP contribution in [0, 0.1) is 6.92 Å². The first-order valence-electron chi connectivity index (χ1n) is 24.7. The van der Waals surface area contributed by atoms with Crippen LogP contribution in [0.5, 0.6) is 11.5 Å². The molecule has 0 radical (unpaired) electrons. The van der Waals surface area contributed by atoms with Gasteiger partial charge in [0, 0.05) is 60.0 Å². The summed E-state index contributed by atoms with van der Waals surface area (Å²) in [5, 5.41) is 28.4. The highest BCUT2D eigenvalue weighted by Gasteiger charge is 2.23. The lowest BCUT2D eigenvalue weighted by Gasteiger charge is -2.28. The van der Waals surface area contributed by atoms with Crippen molar-refractivity contribution in [1.29, 1.82) is 0 Å². The number of benzene rings is 5. The Bertz CT molecular complexity index is 2830. The Morgan fingerprint density at radius 1 is 0.662 bits per heavy atom. The van der Waals surface area contributed by atoms with E-state index < -0.39 is 0 Å². The van der Waals surface area contributed by atoms with Gasteiger partial charge in [-0.1, -0.05) is 36.4 Å². The summed E-state index contributed by atoms with van der Waals surface area (Å²) in [5.41, 5.74) is 5.23. The SMILES string of the molecule is COc1ccc(CC(=O)c2cc3ccc4c5ccccc5[nH]c4c3c(N=Nc3ccc(Nc4nc(N(CCCN(C)C)CCCN(C)C)nc(N(CCCN(C)C)CCCN(C)C)n4)cc3)c2O)c(C)c1. The second kappa shape index (κ2) is 24.4. The molecule has 0 aliphatic heterocycles. The number of hydrogen-bond acceptors (Lipinski definition) is 15. The van der Waals surface area contributed by atoms with Gasteiger partial charge in [-0.2, -0.15) is 20.1 Å². The van der Waals surface area contributed by atoms with Crippen molar-refractivity contribution < 1.29 is 14.6 Å². The summed E-state index contributed by atoms with van der Waals surface area (Å²) in [4.78, 5) is 46.5. The lowest BCUT2D eigenvalue weighted by Crippen LogP contribution is -2.34. The Kier molecular flexibility index (Phi) is 17.9. The van der Waals surface area contributed by atoms with E-state index >= 15 is 0 Å². The van der Waals surface area contributed by atoms with Gasteiger partial charge in [-0.05, 0) is 180 Å². The number of aromatic amines is 1. The number of nitrogens with one attached hydrogen (secondary N) is 2. The number of fused-ring (bicyclic) bond motifs is 5. The van der Waals surface area contributed by atoms with E-state index in [-0.39, 0.29) is 29.2 Å². The van der Waals surface area contributed by atoms with Crippen molar-refractivity contribution in [1.82, 2.24) is 39.5 Å². The van der Waals surface area contributed by atoms with Gasteiger partial charge in [0.1, 0.15) is 11.4 Å². The number of phenolic OH excluding ortho intramolecular Hbond substituents is 1. The number of carbonyl (C=O) groups is 1. The second-order valence-corrected chi connectivity index (χ2v) is 19.5. The molecule has 16 nitrogen and oxygen atoms in total. The van der Waals surface area contributed by atoms with Crippen LogP contribution in [-0.2, 0) is 6.42 Å². The molecule has 0 fully saturated rings. The van der Waals surface area contributed by atoms with E-state index in [9.17, 15) is 9.90 Å². The van der Waals surface area contributed by atoms with Crippen LogP contribution in [0.2, 0.25) is 0 Å². The number of methoxy groups -OCH3 is 1. The summed E-state index contributed by atoms with van der Waals surface area (Å²) >= 11 is 0. The number of phenols is 1. The number of anilines is 4. The Morgan fingerprint density at radius 3 is 1.79 bits per heavy atom. The molecule has 5 aromatic carbocycles. The van der Waals surface area contributed by atoms with Gasteiger partial charge >= 0.3 is 0 Å². The molecule has 0 amide bonds. The summed E-state index contributed by atoms with van der Waals surface area (Å²) in [6, 6.07) is 27.0. The van der Waals surface area contributed by atoms with Crippen LogP contribution < -0.4 is 19.9 Å². The Labute approximate surface area is 419 Å². The van der Waals surface area contributed by atoms with E-state index in [2.05, 4.69) is 107 Å². The molecular formula is C55H73N13O3. The molecule has 16 heteroatoms. The van der Waals surface area contributed by atoms with E-state index in [1.807, 2.05) is 79.7 Å². The van der Waals surface area contributed by atoms with Gasteiger partial charge in [0.05, 0.1) is 23.9 Å². The van der Waals surface area contributed by atoms with Gasteiger partial charge in [0.2, 0.25) is 17.8 Å². The quantitative estimate of drug-likeness (QED) is 0.0349. The molecule has 0 saturated carbocycles. The number of rotatable bonds is 26. The zero-order valence-electron chi connectivity index (χ0n) is 43.5. The lowest BCUT2D eigenvalue weighted by atomic mass is 9.95. The van der Waals surface area contributed by atoms with Crippen LogP contribution in [0.25, 0.3) is 32.6 Å². The van der Waals surface area contributed by atoms with Crippen LogP contribution in [0.3, 0.4) is 0 Å². The molecule has 0 atom stereocenters. The average molecular weight is 964 g/mol. The number of aryl methyl sites for hydroxylation is 1. The number of H-pyrrole nitrogens is 1. The highest BCUT2D eigenvalue weighted by atomic mass is 16.5. The number of Topliss-reactive ketones (excluding diaryl/α,β-unsaturated/α-hetero) is 1. The van der Waals surface area contributed by atoms with Crippen molar-refractivity contribution in [3.05, 3.63) is 102 Å². The maximum atomic E-state index is 14.1. The van der Waals surface area contributed by atoms with Crippen molar-refractivity contribution in [2.24, 2.45) is 10.2 Å². The molecule has 7 aromatic rings. The van der Waals surface area contributed by atoms with Gasteiger partial charge in [0.25, 0.3) is 0 Å². The molecule has 2 heterocycles. The van der Waals surface area contributed by atoms with E-state index in [1.54, 1.807) is 13.2 Å². The minimum atomic E-state index is -0.235. The van der Waals surface area contributed by atoms with Crippen LogP contribution in [0.4, 0.5) is 34.9 Å². The van der Waals surface area contributed by atoms with Crippen molar-refractivity contribution in [2.45, 2.75) is 39.0 Å². The average Bonchev–Trinajstić information content (AvgIpc) is 3.72. The fraction of sp³-hybridized carbons (Fsp3) is 0.418. The molecule has 0 aliphatic rings. The lowest BCUT2D eigenvalue weighted by molar-refractivity contribution is 0.0990. The number of ketones is 1. The zero-order chi connectivity index (χ0) is 50.6. The normalized spacial score (nSPS) is 12.0. The monoisotopic (exact) mass is 964 g/mol. The zero-order valence-corrected chi connectivity index (χ0v) is 43.5. The largest absolute Gasteiger partial charge is 0.505 e. The molecule has 3 N–H and O–H groups in total. The van der Waals surface area contributed by atoms with Crippen LogP contribution >= 0.6 is 0 Å². The minimum absolute atomic E-state index is 0.0919. The first-order chi connectivity index (χ1) is 34.2. The van der Waals surface area contributed by atoms with Crippen LogP contribution in [0.15, 0.2) is 95.2 Å². The standard InChI is InChI=1S/C55H73N13O3/c1-38-35-43(71-10)25-19-39(38)37-48(69)46-36-40-20-26-45-44-17-11-12-18-47(44)57-50(45)49(40)51(52(46)70)62-61-42-23-21-41(22-24-42)56-53-58-54(67(31-13-27-63(2)3)32-14-28-64(4)5)60-55(59-53)68(33-15-29-65(6)7)34-16-30-66(8)9/h11-12,17-26,35-36,57,70H,13-16,27-34,37H2,1-10H3,(H,56,58,59,60). The van der Waals surface area contributed by atoms with Gasteiger partial charge < -0.3 is 49.5 Å². The predicted molar refractivity (Wildman–Crippen MR) is 292 cm³/mol. The fourth-order valence-corrected chi connectivity index (χ4v) is 8.83. The predicted octanol–water partition coefficient (Wildman–Crippen LogP) is 9.69. The molecule has 0 spiro atoms. The van der Waals surface area contributed by atoms with E-state index in [1.165, 1.54) is 0 Å². The number of aromatic hydroxyl groups is 1. The molecule has 71 heavy (non-hydrogen) atoms. The van der Waals surface area contributed by atoms with E-state index in [4.69, 9.17) is 24.8 Å². The number of ether oxygens (including phenoxy) is 1. The van der Waals surface area contributed by atoms with Crippen molar-refractivity contribution in [3.63, 3.8) is 0 Å². The number of hydrogen-bond donors (Lipinski definition) is 3. The summed E-state index contributed by atoms with van der Waals surface area (Å²) in [6.45, 7) is 9.01. The molecule has 0 aliphatic carbocycles. The molecule has 0 saturated heterocycles. The Hall–Kier alpha value is -6.72. The number of carbonyl (C=O) groups excluding carboxylic acids is 1. The maximum absolute atomic E-state index is 14.1.